The average molecular weight is 376 g/mol. The molecule has 0 amide bonds. The van der Waals surface area contributed by atoms with Crippen LogP contribution in [0.3, 0.4) is 0 Å². The van der Waals surface area contributed by atoms with Gasteiger partial charge in [-0.25, -0.2) is 0 Å². The van der Waals surface area contributed by atoms with Crippen molar-refractivity contribution in [1.82, 2.24) is 0 Å². The maximum absolute atomic E-state index is 13.3. The van der Waals surface area contributed by atoms with Crippen LogP contribution in [0.1, 0.15) is 44.3 Å². The van der Waals surface area contributed by atoms with E-state index in [-0.39, 0.29) is 36.8 Å². The number of fused-ring (bicyclic) bond motifs is 1. The highest BCUT2D eigenvalue weighted by atomic mass is 16.6. The van der Waals surface area contributed by atoms with Crippen molar-refractivity contribution in [3.05, 3.63) is 24.2 Å². The molecule has 2 spiro atoms. The predicted molar refractivity (Wildman–Crippen MR) is 90.0 cm³/mol. The largest absolute Gasteiger partial charge is 0.472 e. The van der Waals surface area contributed by atoms with Gasteiger partial charge in [-0.1, -0.05) is 6.92 Å². The number of cyclic esters (lactones) is 2. The lowest BCUT2D eigenvalue weighted by Crippen LogP contribution is -2.64. The SMILES string of the molecule is C[C@@H]1C[C@@H](O)[C@@]23COC(=O)[C@@H]2C[C@@H](O)C[C@@H]3[C@@]12C[C@@H](c1ccoc1)OC2=O. The number of aliphatic hydroxyl groups is 2. The number of carbonyl (C=O) groups is 2. The third-order valence-electron chi connectivity index (χ3n) is 7.83. The number of carbonyl (C=O) groups excluding carboxylic acids is 2. The van der Waals surface area contributed by atoms with Crippen LogP contribution in [0.2, 0.25) is 0 Å². The first-order valence-corrected chi connectivity index (χ1v) is 9.65. The topological polar surface area (TPSA) is 106 Å². The van der Waals surface area contributed by atoms with Crippen molar-refractivity contribution < 1.29 is 33.7 Å². The number of hydrogen-bond donors (Lipinski definition) is 2. The van der Waals surface area contributed by atoms with Crippen LogP contribution in [0.5, 0.6) is 0 Å². The highest BCUT2D eigenvalue weighted by Gasteiger charge is 2.73. The van der Waals surface area contributed by atoms with E-state index in [9.17, 15) is 19.8 Å². The molecule has 1 aromatic rings. The number of rotatable bonds is 1. The van der Waals surface area contributed by atoms with Crippen LogP contribution in [0.4, 0.5) is 0 Å². The molecule has 146 valence electrons. The molecule has 2 saturated heterocycles. The molecule has 2 aliphatic carbocycles. The van der Waals surface area contributed by atoms with Crippen LogP contribution in [0.25, 0.3) is 0 Å². The van der Waals surface area contributed by atoms with Crippen molar-refractivity contribution in [3.8, 4) is 0 Å². The van der Waals surface area contributed by atoms with E-state index in [0.29, 0.717) is 19.3 Å². The Balaban J connectivity index is 1.62. The van der Waals surface area contributed by atoms with Gasteiger partial charge in [0.25, 0.3) is 0 Å². The standard InChI is InChI=1S/C20H24O7/c1-10-4-16(22)20-9-26-17(23)13(20)5-12(21)6-15(20)19(10)7-14(27-18(19)24)11-2-3-25-8-11/h2-3,8,10,12-16,21-22H,4-7,9H2,1H3/t10-,12-,13+,14+,15-,16-,19-,20+/m1/s1. The average Bonchev–Trinajstić information content (AvgIpc) is 3.33. The van der Waals surface area contributed by atoms with E-state index < -0.39 is 35.1 Å². The van der Waals surface area contributed by atoms with Gasteiger partial charge in [0.1, 0.15) is 12.7 Å². The lowest BCUT2D eigenvalue weighted by molar-refractivity contribution is -0.201. The van der Waals surface area contributed by atoms with E-state index in [1.54, 1.807) is 18.6 Å². The fourth-order valence-corrected chi connectivity index (χ4v) is 6.50. The van der Waals surface area contributed by atoms with Gasteiger partial charge in [0, 0.05) is 17.4 Å². The molecule has 8 atom stereocenters. The molecule has 4 fully saturated rings. The Hall–Kier alpha value is -1.86. The number of hydrogen-bond acceptors (Lipinski definition) is 7. The smallest absolute Gasteiger partial charge is 0.313 e. The fourth-order valence-electron chi connectivity index (χ4n) is 6.50. The summed E-state index contributed by atoms with van der Waals surface area (Å²) in [5, 5.41) is 21.5. The van der Waals surface area contributed by atoms with Crippen LogP contribution in [-0.4, -0.2) is 41.0 Å². The van der Waals surface area contributed by atoms with Gasteiger partial charge < -0.3 is 24.1 Å². The van der Waals surface area contributed by atoms with Gasteiger partial charge in [0.2, 0.25) is 0 Å². The van der Waals surface area contributed by atoms with E-state index in [1.165, 1.54) is 0 Å². The summed E-state index contributed by atoms with van der Waals surface area (Å²) < 4.78 is 16.3. The molecule has 4 aliphatic rings. The van der Waals surface area contributed by atoms with Crippen LogP contribution < -0.4 is 0 Å². The van der Waals surface area contributed by atoms with Gasteiger partial charge in [0.05, 0.1) is 36.1 Å². The molecule has 7 nitrogen and oxygen atoms in total. The van der Waals surface area contributed by atoms with Gasteiger partial charge in [-0.15, -0.1) is 0 Å². The number of aliphatic hydroxyl groups excluding tert-OH is 2. The third kappa shape index (κ3) is 2.04. The zero-order valence-electron chi connectivity index (χ0n) is 15.2. The molecule has 0 unspecified atom stereocenters. The summed E-state index contributed by atoms with van der Waals surface area (Å²) in [6.45, 7) is 2.07. The minimum absolute atomic E-state index is 0.104. The fraction of sp³-hybridized carbons (Fsp3) is 0.700. The molecule has 0 radical (unpaired) electrons. The van der Waals surface area contributed by atoms with E-state index in [2.05, 4.69) is 0 Å². The van der Waals surface area contributed by atoms with Crippen LogP contribution in [-0.2, 0) is 19.1 Å². The molecular formula is C20H24O7. The molecule has 27 heavy (non-hydrogen) atoms. The van der Waals surface area contributed by atoms with E-state index >= 15 is 0 Å². The quantitative estimate of drug-likeness (QED) is 0.717. The Morgan fingerprint density at radius 3 is 2.74 bits per heavy atom. The Labute approximate surface area is 156 Å². The van der Waals surface area contributed by atoms with Crippen molar-refractivity contribution in [2.24, 2.45) is 28.6 Å². The van der Waals surface area contributed by atoms with Gasteiger partial charge in [-0.3, -0.25) is 9.59 Å². The summed E-state index contributed by atoms with van der Waals surface area (Å²) in [5.41, 5.74) is -0.874. The van der Waals surface area contributed by atoms with Gasteiger partial charge >= 0.3 is 11.9 Å². The molecule has 3 heterocycles. The molecule has 0 bridgehead atoms. The summed E-state index contributed by atoms with van der Waals surface area (Å²) in [6, 6.07) is 1.79. The van der Waals surface area contributed by atoms with E-state index in [4.69, 9.17) is 13.9 Å². The van der Waals surface area contributed by atoms with Crippen LogP contribution >= 0.6 is 0 Å². The maximum atomic E-state index is 13.3. The van der Waals surface area contributed by atoms with Crippen molar-refractivity contribution in [1.29, 1.82) is 0 Å². The highest BCUT2D eigenvalue weighted by molar-refractivity contribution is 5.82. The van der Waals surface area contributed by atoms with Crippen LogP contribution in [0, 0.1) is 28.6 Å². The third-order valence-corrected chi connectivity index (χ3v) is 7.83. The second-order valence-electron chi connectivity index (χ2n) is 8.80. The van der Waals surface area contributed by atoms with Crippen molar-refractivity contribution in [2.45, 2.75) is 50.9 Å². The van der Waals surface area contributed by atoms with Crippen molar-refractivity contribution in [2.75, 3.05) is 6.61 Å². The zero-order valence-corrected chi connectivity index (χ0v) is 15.2. The first-order valence-electron chi connectivity index (χ1n) is 9.65. The van der Waals surface area contributed by atoms with Crippen LogP contribution in [0.15, 0.2) is 23.0 Å². The molecule has 2 aliphatic heterocycles. The molecular weight excluding hydrogens is 352 g/mol. The molecule has 5 rings (SSSR count). The monoisotopic (exact) mass is 376 g/mol. The Kier molecular flexibility index (Phi) is 3.56. The lowest BCUT2D eigenvalue weighted by atomic mass is 9.43. The summed E-state index contributed by atoms with van der Waals surface area (Å²) in [4.78, 5) is 25.7. The number of esters is 2. The highest BCUT2D eigenvalue weighted by Crippen LogP contribution is 2.68. The van der Waals surface area contributed by atoms with E-state index in [1.807, 2.05) is 6.92 Å². The molecule has 0 aromatic carbocycles. The zero-order chi connectivity index (χ0) is 19.0. The van der Waals surface area contributed by atoms with Crippen molar-refractivity contribution in [3.63, 3.8) is 0 Å². The molecule has 2 saturated carbocycles. The van der Waals surface area contributed by atoms with E-state index in [0.717, 1.165) is 5.56 Å². The minimum Gasteiger partial charge on any atom is -0.472 e. The van der Waals surface area contributed by atoms with Gasteiger partial charge in [0.15, 0.2) is 0 Å². The maximum Gasteiger partial charge on any atom is 0.313 e. The lowest BCUT2D eigenvalue weighted by Gasteiger charge is -2.58. The first kappa shape index (κ1) is 17.3. The van der Waals surface area contributed by atoms with Gasteiger partial charge in [-0.05, 0) is 37.2 Å². The Bertz CT molecular complexity index is 773. The van der Waals surface area contributed by atoms with Crippen molar-refractivity contribution >= 4 is 11.9 Å². The molecule has 1 aromatic heterocycles. The molecule has 7 heteroatoms. The first-order chi connectivity index (χ1) is 12.9. The number of ether oxygens (including phenoxy) is 2. The molecule has 2 N–H and O–H groups in total. The summed E-state index contributed by atoms with van der Waals surface area (Å²) in [7, 11) is 0. The minimum atomic E-state index is -0.852. The second-order valence-corrected chi connectivity index (χ2v) is 8.80. The number of furan rings is 1. The summed E-state index contributed by atoms with van der Waals surface area (Å²) >= 11 is 0. The summed E-state index contributed by atoms with van der Waals surface area (Å²) in [5.74, 6) is -1.75. The van der Waals surface area contributed by atoms with Gasteiger partial charge in [-0.2, -0.15) is 0 Å². The normalized spacial score (nSPS) is 48.9. The summed E-state index contributed by atoms with van der Waals surface area (Å²) in [6.07, 6.45) is 2.78. The predicted octanol–water partition coefficient (Wildman–Crippen LogP) is 1.58. The second kappa shape index (κ2) is 5.58. The Morgan fingerprint density at radius 2 is 2.00 bits per heavy atom. The Morgan fingerprint density at radius 1 is 1.19 bits per heavy atom.